The lowest BCUT2D eigenvalue weighted by Gasteiger charge is -2.34. The average Bonchev–Trinajstić information content (AvgIpc) is 3.04. The van der Waals surface area contributed by atoms with Crippen LogP contribution >= 0.6 is 12.4 Å². The van der Waals surface area contributed by atoms with Gasteiger partial charge in [0, 0.05) is 6.20 Å². The third-order valence-electron chi connectivity index (χ3n) is 6.82. The van der Waals surface area contributed by atoms with Crippen LogP contribution in [0.5, 0.6) is 0 Å². The van der Waals surface area contributed by atoms with E-state index in [2.05, 4.69) is 11.9 Å². The minimum absolute atomic E-state index is 0. The van der Waals surface area contributed by atoms with Crippen molar-refractivity contribution in [2.45, 2.75) is 127 Å². The molecule has 0 spiro atoms. The van der Waals surface area contributed by atoms with Crippen molar-refractivity contribution in [3.05, 3.63) is 22.7 Å². The van der Waals surface area contributed by atoms with Gasteiger partial charge in [0.25, 0.3) is 0 Å². The molecule has 1 aliphatic rings. The van der Waals surface area contributed by atoms with Crippen molar-refractivity contribution in [3.8, 4) is 0 Å². The maximum atomic E-state index is 12.5. The number of aromatic nitrogens is 2. The molecule has 1 aliphatic heterocycles. The molecule has 4 atom stereocenters. The Morgan fingerprint density at radius 1 is 0.971 bits per heavy atom. The highest BCUT2D eigenvalue weighted by molar-refractivity contribution is 5.85. The second-order valence-electron chi connectivity index (χ2n) is 9.47. The predicted molar refractivity (Wildman–Crippen MR) is 137 cm³/mol. The molecule has 0 radical (unpaired) electrons. The van der Waals surface area contributed by atoms with Crippen LogP contribution < -0.4 is 11.4 Å². The van der Waals surface area contributed by atoms with Crippen LogP contribution in [-0.4, -0.2) is 49.8 Å². The van der Waals surface area contributed by atoms with E-state index in [0.717, 1.165) is 25.7 Å². The first-order valence-electron chi connectivity index (χ1n) is 13.0. The molecule has 0 amide bonds. The summed E-state index contributed by atoms with van der Waals surface area (Å²) in [6.07, 6.45) is 15.4. The number of halogens is 1. The van der Waals surface area contributed by atoms with Crippen LogP contribution in [-0.2, 0) is 10.5 Å². The summed E-state index contributed by atoms with van der Waals surface area (Å²) < 4.78 is 7.08. The van der Waals surface area contributed by atoms with Gasteiger partial charge >= 0.3 is 5.69 Å². The molecule has 198 valence electrons. The summed E-state index contributed by atoms with van der Waals surface area (Å²) in [7, 11) is 0. The highest BCUT2D eigenvalue weighted by atomic mass is 35.5. The fraction of sp³-hybridized carbons (Fsp3) is 0.840. The number of nitrogen functional groups attached to an aromatic ring is 1. The molecule has 1 fully saturated rings. The van der Waals surface area contributed by atoms with E-state index in [1.54, 1.807) is 0 Å². The number of nitrogens with two attached hydrogens (primary N) is 1. The molecule has 2 rings (SSSR count). The summed E-state index contributed by atoms with van der Waals surface area (Å²) >= 11 is 0. The van der Waals surface area contributed by atoms with Gasteiger partial charge in [-0.25, -0.2) is 4.79 Å². The molecule has 34 heavy (non-hydrogen) atoms. The maximum Gasteiger partial charge on any atom is 0.351 e. The van der Waals surface area contributed by atoms with E-state index in [4.69, 9.17) is 10.5 Å². The zero-order valence-electron chi connectivity index (χ0n) is 20.7. The Kier molecular flexibility index (Phi) is 14.9. The Bertz CT molecular complexity index is 735. The van der Waals surface area contributed by atoms with Crippen molar-refractivity contribution < 1.29 is 20.1 Å². The Hall–Kier alpha value is -1.19. The largest absolute Gasteiger partial charge is 0.394 e. The standard InChI is InChI=1S/C25H45N3O5.ClH/c1-2-3-4-5-6-7-8-9-10-11-12-13-14-15-17-25(23(31)22(30)20(19-29)33-25)28-18-16-21(26)27-24(28)32;/h16,18,20,22-23,29-31H,2-15,17,19H2,1H3,(H2,26,27,32);1H/t20-,22-,23-,25-;/m1./s1. The van der Waals surface area contributed by atoms with Crippen LogP contribution in [0.4, 0.5) is 5.82 Å². The molecular weight excluding hydrogens is 458 g/mol. The van der Waals surface area contributed by atoms with E-state index in [1.807, 2.05) is 0 Å². The van der Waals surface area contributed by atoms with Crippen LogP contribution in [0.1, 0.15) is 103 Å². The number of anilines is 1. The first-order valence-corrected chi connectivity index (χ1v) is 13.0. The van der Waals surface area contributed by atoms with Crippen molar-refractivity contribution in [2.24, 2.45) is 0 Å². The number of ether oxygens (including phenoxy) is 1. The van der Waals surface area contributed by atoms with Crippen molar-refractivity contribution in [1.82, 2.24) is 9.55 Å². The van der Waals surface area contributed by atoms with E-state index in [0.29, 0.717) is 6.42 Å². The Balaban J connectivity index is 0.00000578. The second kappa shape index (κ2) is 16.5. The Morgan fingerprint density at radius 3 is 1.91 bits per heavy atom. The van der Waals surface area contributed by atoms with E-state index >= 15 is 0 Å². The summed E-state index contributed by atoms with van der Waals surface area (Å²) in [4.78, 5) is 16.2. The molecule has 8 nitrogen and oxygen atoms in total. The summed E-state index contributed by atoms with van der Waals surface area (Å²) in [6, 6.07) is 1.46. The number of aliphatic hydroxyl groups is 3. The van der Waals surface area contributed by atoms with Gasteiger partial charge in [0.2, 0.25) is 0 Å². The van der Waals surface area contributed by atoms with Gasteiger partial charge in [-0.1, -0.05) is 90.4 Å². The molecule has 1 saturated heterocycles. The number of hydrogen-bond donors (Lipinski definition) is 4. The zero-order chi connectivity index (χ0) is 24.1. The molecule has 2 heterocycles. The fourth-order valence-corrected chi connectivity index (χ4v) is 4.82. The summed E-state index contributed by atoms with van der Waals surface area (Å²) in [5.41, 5.74) is 3.49. The van der Waals surface area contributed by atoms with Gasteiger partial charge in [-0.2, -0.15) is 4.98 Å². The molecule has 0 bridgehead atoms. The SMILES string of the molecule is CCCCCCCCCCCCCCCC[C@@]1(n2ccc(N)nc2=O)O[C@H](CO)[C@@H](O)[C@H]1O.Cl. The maximum absolute atomic E-state index is 12.5. The van der Waals surface area contributed by atoms with Crippen molar-refractivity contribution in [3.63, 3.8) is 0 Å². The molecule has 5 N–H and O–H groups in total. The highest BCUT2D eigenvalue weighted by Crippen LogP contribution is 2.39. The molecular formula is C25H46ClN3O5. The molecule has 1 aromatic heterocycles. The number of aliphatic hydroxyl groups excluding tert-OH is 3. The normalized spacial score (nSPS) is 24.3. The number of hydrogen-bond acceptors (Lipinski definition) is 7. The van der Waals surface area contributed by atoms with Crippen molar-refractivity contribution in [2.75, 3.05) is 12.3 Å². The lowest BCUT2D eigenvalue weighted by Crippen LogP contribution is -2.50. The minimum atomic E-state index is -1.46. The molecule has 1 aromatic rings. The van der Waals surface area contributed by atoms with Crippen LogP contribution in [0, 0.1) is 0 Å². The molecule has 9 heteroatoms. The Labute approximate surface area is 210 Å². The van der Waals surface area contributed by atoms with Gasteiger partial charge in [0.15, 0.2) is 5.72 Å². The molecule has 0 saturated carbocycles. The highest BCUT2D eigenvalue weighted by Gasteiger charge is 2.55. The number of rotatable bonds is 17. The van der Waals surface area contributed by atoms with E-state index < -0.39 is 36.3 Å². The summed E-state index contributed by atoms with van der Waals surface area (Å²) in [6.45, 7) is 1.80. The minimum Gasteiger partial charge on any atom is -0.394 e. The smallest absolute Gasteiger partial charge is 0.351 e. The zero-order valence-corrected chi connectivity index (χ0v) is 21.6. The quantitative estimate of drug-likeness (QED) is 0.237. The Morgan fingerprint density at radius 2 is 1.47 bits per heavy atom. The molecule has 0 unspecified atom stereocenters. The fourth-order valence-electron chi connectivity index (χ4n) is 4.82. The first kappa shape index (κ1) is 30.8. The van der Waals surface area contributed by atoms with Gasteiger partial charge in [-0.05, 0) is 18.9 Å². The second-order valence-corrected chi connectivity index (χ2v) is 9.47. The van der Waals surface area contributed by atoms with Gasteiger partial charge in [-0.3, -0.25) is 4.57 Å². The third kappa shape index (κ3) is 8.79. The van der Waals surface area contributed by atoms with Gasteiger partial charge in [0.05, 0.1) is 6.61 Å². The van der Waals surface area contributed by atoms with Crippen LogP contribution in [0.3, 0.4) is 0 Å². The van der Waals surface area contributed by atoms with Gasteiger partial charge in [0.1, 0.15) is 24.1 Å². The average molecular weight is 504 g/mol. The summed E-state index contributed by atoms with van der Waals surface area (Å²) in [5, 5.41) is 30.6. The van der Waals surface area contributed by atoms with Crippen LogP contribution in [0.25, 0.3) is 0 Å². The summed E-state index contributed by atoms with van der Waals surface area (Å²) in [5.74, 6) is 0.0784. The lowest BCUT2D eigenvalue weighted by atomic mass is 9.95. The van der Waals surface area contributed by atoms with Crippen molar-refractivity contribution in [1.29, 1.82) is 0 Å². The topological polar surface area (TPSA) is 131 Å². The number of nitrogens with zero attached hydrogens (tertiary/aromatic N) is 2. The van der Waals surface area contributed by atoms with E-state index in [1.165, 1.54) is 81.0 Å². The monoisotopic (exact) mass is 503 g/mol. The van der Waals surface area contributed by atoms with Crippen LogP contribution in [0.15, 0.2) is 17.1 Å². The molecule has 0 aliphatic carbocycles. The van der Waals surface area contributed by atoms with Gasteiger partial charge < -0.3 is 25.8 Å². The number of unbranched alkanes of at least 4 members (excludes halogenated alkanes) is 13. The van der Waals surface area contributed by atoms with E-state index in [-0.39, 0.29) is 18.2 Å². The van der Waals surface area contributed by atoms with Gasteiger partial charge in [-0.15, -0.1) is 12.4 Å². The molecule has 0 aromatic carbocycles. The lowest BCUT2D eigenvalue weighted by molar-refractivity contribution is -0.156. The van der Waals surface area contributed by atoms with E-state index in [9.17, 15) is 20.1 Å². The van der Waals surface area contributed by atoms with Crippen LogP contribution in [0.2, 0.25) is 0 Å². The first-order chi connectivity index (χ1) is 16.0. The van der Waals surface area contributed by atoms with Crippen molar-refractivity contribution >= 4 is 18.2 Å². The third-order valence-corrected chi connectivity index (χ3v) is 6.82. The predicted octanol–water partition coefficient (Wildman–Crippen LogP) is 3.88.